The molecule has 238 valence electrons. The number of rotatable bonds is 9. The Morgan fingerprint density at radius 3 is 1.83 bits per heavy atom. The second-order valence-electron chi connectivity index (χ2n) is 12.5. The number of fused-ring (bicyclic) bond motifs is 1. The second-order valence-corrected chi connectivity index (χ2v) is 12.5. The SMILES string of the molecule is CC1CC(C)C(OC2OC(CN)C3OC3C2C)C(OC2OC(CO)C(OC3OC(CN)C(O)C(O)C3C)C2O)C1O. The smallest absolute Gasteiger partial charge is 0.187 e. The molecule has 9 N–H and O–H groups in total. The lowest BCUT2D eigenvalue weighted by Crippen LogP contribution is -2.58. The Bertz CT molecular complexity index is 872. The molecule has 0 radical (unpaired) electrons. The van der Waals surface area contributed by atoms with Gasteiger partial charge in [-0.05, 0) is 18.3 Å². The first kappa shape index (κ1) is 31.9. The highest BCUT2D eigenvalue weighted by Crippen LogP contribution is 2.44. The molecule has 0 aromatic heterocycles. The molecule has 0 amide bonds. The highest BCUT2D eigenvalue weighted by atomic mass is 16.8. The van der Waals surface area contributed by atoms with Gasteiger partial charge in [0.1, 0.15) is 48.8 Å². The molecule has 5 aliphatic rings. The van der Waals surface area contributed by atoms with Crippen molar-refractivity contribution in [2.75, 3.05) is 19.7 Å². The van der Waals surface area contributed by atoms with Gasteiger partial charge in [-0.3, -0.25) is 0 Å². The summed E-state index contributed by atoms with van der Waals surface area (Å²) in [7, 11) is 0. The molecule has 1 saturated carbocycles. The molecule has 4 saturated heterocycles. The van der Waals surface area contributed by atoms with Crippen LogP contribution in [0.4, 0.5) is 0 Å². The maximum absolute atomic E-state index is 11.3. The van der Waals surface area contributed by atoms with E-state index in [9.17, 15) is 25.5 Å². The van der Waals surface area contributed by atoms with Crippen LogP contribution in [0.1, 0.15) is 34.1 Å². The molecule has 41 heavy (non-hydrogen) atoms. The number of epoxide rings is 1. The van der Waals surface area contributed by atoms with Crippen molar-refractivity contribution in [1.29, 1.82) is 0 Å². The van der Waals surface area contributed by atoms with Crippen molar-refractivity contribution in [2.45, 2.75) is 126 Å². The highest BCUT2D eigenvalue weighted by Gasteiger charge is 2.58. The van der Waals surface area contributed by atoms with Gasteiger partial charge in [-0.2, -0.15) is 0 Å². The van der Waals surface area contributed by atoms with Crippen LogP contribution in [0.15, 0.2) is 0 Å². The largest absolute Gasteiger partial charge is 0.394 e. The third kappa shape index (κ3) is 6.07. The first-order chi connectivity index (χ1) is 19.5. The van der Waals surface area contributed by atoms with Crippen LogP contribution in [0.5, 0.6) is 0 Å². The van der Waals surface area contributed by atoms with Crippen LogP contribution in [0.2, 0.25) is 0 Å². The van der Waals surface area contributed by atoms with E-state index < -0.39 is 86.3 Å². The Morgan fingerprint density at radius 2 is 1.17 bits per heavy atom. The van der Waals surface area contributed by atoms with Crippen LogP contribution in [-0.2, 0) is 33.2 Å². The van der Waals surface area contributed by atoms with Crippen LogP contribution in [-0.4, -0.2) is 137 Å². The lowest BCUT2D eigenvalue weighted by molar-refractivity contribution is -0.301. The molecule has 19 atom stereocenters. The molecule has 5 rings (SSSR count). The van der Waals surface area contributed by atoms with Crippen molar-refractivity contribution in [3.8, 4) is 0 Å². The van der Waals surface area contributed by atoms with Crippen LogP contribution in [0.3, 0.4) is 0 Å². The third-order valence-electron chi connectivity index (χ3n) is 9.55. The summed E-state index contributed by atoms with van der Waals surface area (Å²) in [6.45, 7) is 7.31. The van der Waals surface area contributed by atoms with E-state index in [0.717, 1.165) is 0 Å². The number of aliphatic hydroxyl groups is 5. The van der Waals surface area contributed by atoms with E-state index in [1.165, 1.54) is 0 Å². The quantitative estimate of drug-likeness (QED) is 0.136. The molecule has 19 unspecified atom stereocenters. The number of hydrogen-bond acceptors (Lipinski definition) is 14. The van der Waals surface area contributed by atoms with E-state index in [0.29, 0.717) is 13.0 Å². The molecule has 0 aromatic carbocycles. The summed E-state index contributed by atoms with van der Waals surface area (Å²) < 4.78 is 42.3. The number of ether oxygens (including phenoxy) is 7. The lowest BCUT2D eigenvalue weighted by Gasteiger charge is -2.46. The van der Waals surface area contributed by atoms with Gasteiger partial charge in [0.2, 0.25) is 0 Å². The second kappa shape index (κ2) is 12.8. The Hall–Kier alpha value is -0.560. The topological polar surface area (TPSA) is 221 Å². The average Bonchev–Trinajstić information content (AvgIpc) is 3.71. The molecule has 5 fully saturated rings. The molecule has 4 heterocycles. The fraction of sp³-hybridized carbons (Fsp3) is 1.00. The molecule has 4 aliphatic heterocycles. The van der Waals surface area contributed by atoms with E-state index in [4.69, 9.17) is 44.6 Å². The minimum Gasteiger partial charge on any atom is -0.394 e. The summed E-state index contributed by atoms with van der Waals surface area (Å²) in [6, 6.07) is 0. The molecule has 14 heteroatoms. The fourth-order valence-electron chi connectivity index (χ4n) is 6.82. The highest BCUT2D eigenvalue weighted by molar-refractivity contribution is 5.01. The summed E-state index contributed by atoms with van der Waals surface area (Å²) >= 11 is 0. The predicted molar refractivity (Wildman–Crippen MR) is 140 cm³/mol. The average molecular weight is 593 g/mol. The Kier molecular flexibility index (Phi) is 9.95. The zero-order valence-corrected chi connectivity index (χ0v) is 24.0. The van der Waals surface area contributed by atoms with Crippen LogP contribution in [0, 0.1) is 23.7 Å². The van der Waals surface area contributed by atoms with Gasteiger partial charge in [0, 0.05) is 24.9 Å². The van der Waals surface area contributed by atoms with E-state index in [-0.39, 0.29) is 42.6 Å². The van der Waals surface area contributed by atoms with Crippen molar-refractivity contribution in [3.05, 3.63) is 0 Å². The number of nitrogens with two attached hydrogens (primary N) is 2. The fourth-order valence-corrected chi connectivity index (χ4v) is 6.82. The Balaban J connectivity index is 1.29. The third-order valence-corrected chi connectivity index (χ3v) is 9.55. The van der Waals surface area contributed by atoms with E-state index in [1.807, 2.05) is 20.8 Å². The van der Waals surface area contributed by atoms with E-state index in [2.05, 4.69) is 0 Å². The summed E-state index contributed by atoms with van der Waals surface area (Å²) in [5, 5.41) is 53.2. The minimum absolute atomic E-state index is 0.00415. The molecule has 14 nitrogen and oxygen atoms in total. The maximum atomic E-state index is 11.3. The minimum atomic E-state index is -1.38. The van der Waals surface area contributed by atoms with Crippen molar-refractivity contribution < 1.29 is 58.7 Å². The number of hydrogen-bond donors (Lipinski definition) is 7. The van der Waals surface area contributed by atoms with Crippen molar-refractivity contribution in [1.82, 2.24) is 0 Å². The lowest BCUT2D eigenvalue weighted by atomic mass is 9.77. The first-order valence-corrected chi connectivity index (χ1v) is 14.8. The van der Waals surface area contributed by atoms with E-state index >= 15 is 0 Å². The van der Waals surface area contributed by atoms with Gasteiger partial charge >= 0.3 is 0 Å². The van der Waals surface area contributed by atoms with Gasteiger partial charge in [-0.25, -0.2) is 0 Å². The van der Waals surface area contributed by atoms with Gasteiger partial charge < -0.3 is 70.2 Å². The normalized spacial score (nSPS) is 55.5. The van der Waals surface area contributed by atoms with Crippen molar-refractivity contribution in [2.24, 2.45) is 35.1 Å². The zero-order valence-electron chi connectivity index (χ0n) is 24.0. The summed E-state index contributed by atoms with van der Waals surface area (Å²) in [5.74, 6) is -0.867. The van der Waals surface area contributed by atoms with Crippen LogP contribution in [0.25, 0.3) is 0 Å². The van der Waals surface area contributed by atoms with Crippen molar-refractivity contribution in [3.63, 3.8) is 0 Å². The van der Waals surface area contributed by atoms with Gasteiger partial charge in [0.25, 0.3) is 0 Å². The molecule has 0 spiro atoms. The van der Waals surface area contributed by atoms with Crippen LogP contribution >= 0.6 is 0 Å². The molecular formula is C27H48N2O12. The monoisotopic (exact) mass is 592 g/mol. The summed E-state index contributed by atoms with van der Waals surface area (Å²) in [5.41, 5.74) is 11.6. The summed E-state index contributed by atoms with van der Waals surface area (Å²) in [4.78, 5) is 0. The van der Waals surface area contributed by atoms with Gasteiger partial charge in [0.15, 0.2) is 18.9 Å². The number of aliphatic hydroxyl groups excluding tert-OH is 5. The van der Waals surface area contributed by atoms with Crippen LogP contribution < -0.4 is 11.5 Å². The zero-order chi connectivity index (χ0) is 29.7. The maximum Gasteiger partial charge on any atom is 0.187 e. The van der Waals surface area contributed by atoms with E-state index in [1.54, 1.807) is 6.92 Å². The molecule has 0 aromatic rings. The molecule has 1 aliphatic carbocycles. The Morgan fingerprint density at radius 1 is 0.585 bits per heavy atom. The van der Waals surface area contributed by atoms with Gasteiger partial charge in [-0.1, -0.05) is 27.7 Å². The standard InChI is InChI=1S/C27H48N2O12/c1-9-5-10(2)20(39-26-12(4)21-23(38-21)14(7-29)36-26)24(16(9)31)41-27-19(34)22(15(8-30)37-27)40-25-11(3)17(32)18(33)13(6-28)35-25/h9-27,30-34H,5-8,28-29H2,1-4H3. The predicted octanol–water partition coefficient (Wildman–Crippen LogP) is -2.61. The summed E-state index contributed by atoms with van der Waals surface area (Å²) in [6.07, 6.45) is -11.7. The molecular weight excluding hydrogens is 544 g/mol. The first-order valence-electron chi connectivity index (χ1n) is 14.8. The van der Waals surface area contributed by atoms with Gasteiger partial charge in [-0.15, -0.1) is 0 Å². The van der Waals surface area contributed by atoms with Gasteiger partial charge in [0.05, 0.1) is 31.0 Å². The Labute approximate surface area is 240 Å². The van der Waals surface area contributed by atoms with Crippen molar-refractivity contribution >= 4 is 0 Å². The molecule has 0 bridgehead atoms.